The molecule has 0 saturated heterocycles. The summed E-state index contributed by atoms with van der Waals surface area (Å²) in [6.07, 6.45) is 0.504. The summed E-state index contributed by atoms with van der Waals surface area (Å²) >= 11 is 0. The van der Waals surface area contributed by atoms with Crippen LogP contribution in [0.1, 0.15) is 44.5 Å². The maximum absolute atomic E-state index is 12.3. The van der Waals surface area contributed by atoms with E-state index in [1.54, 1.807) is 0 Å². The van der Waals surface area contributed by atoms with E-state index in [-0.39, 0.29) is 5.78 Å². The fourth-order valence-electron chi connectivity index (χ4n) is 1.81. The lowest BCUT2D eigenvalue weighted by atomic mass is 9.99. The molecule has 0 bridgehead atoms. The van der Waals surface area contributed by atoms with Gasteiger partial charge in [-0.25, -0.2) is 0 Å². The maximum Gasteiger partial charge on any atom is 0.170 e. The first-order valence-electron chi connectivity index (χ1n) is 6.51. The highest BCUT2D eigenvalue weighted by Gasteiger charge is 2.19. The van der Waals surface area contributed by atoms with Crippen LogP contribution in [0.25, 0.3) is 0 Å². The second-order valence-corrected chi connectivity index (χ2v) is 4.52. The summed E-state index contributed by atoms with van der Waals surface area (Å²) in [5.74, 6) is 1.64. The molecule has 0 aromatic heterocycles. The van der Waals surface area contributed by atoms with Crippen LogP contribution < -0.4 is 9.47 Å². The largest absolute Gasteiger partial charge is 0.493 e. The molecule has 0 aliphatic rings. The predicted octanol–water partition coefficient (Wildman–Crippen LogP) is 3.71. The van der Waals surface area contributed by atoms with Gasteiger partial charge < -0.3 is 9.47 Å². The molecule has 0 unspecified atom stereocenters. The molecule has 1 aromatic rings. The zero-order valence-electron chi connectivity index (χ0n) is 11.7. The van der Waals surface area contributed by atoms with Crippen molar-refractivity contribution >= 4 is 5.78 Å². The van der Waals surface area contributed by atoms with E-state index in [2.05, 4.69) is 0 Å². The van der Waals surface area contributed by atoms with Crippen LogP contribution in [0.5, 0.6) is 11.5 Å². The van der Waals surface area contributed by atoms with E-state index in [0.29, 0.717) is 42.6 Å². The molecule has 3 nitrogen and oxygen atoms in total. The molecule has 100 valence electrons. The maximum atomic E-state index is 12.3. The number of hydrogen-bond acceptors (Lipinski definition) is 3. The Balaban J connectivity index is 3.12. The third-order valence-corrected chi connectivity index (χ3v) is 2.46. The van der Waals surface area contributed by atoms with E-state index in [1.807, 2.05) is 45.9 Å². The molecule has 0 aliphatic carbocycles. The monoisotopic (exact) mass is 250 g/mol. The number of rotatable bonds is 7. The molecule has 0 heterocycles. The van der Waals surface area contributed by atoms with Gasteiger partial charge in [-0.1, -0.05) is 19.9 Å². The Morgan fingerprint density at radius 3 is 2.00 bits per heavy atom. The summed E-state index contributed by atoms with van der Waals surface area (Å²) in [6.45, 7) is 8.95. The van der Waals surface area contributed by atoms with Crippen molar-refractivity contribution in [2.75, 3.05) is 13.2 Å². The molecule has 0 radical (unpaired) electrons. The minimum atomic E-state index is 0.0810. The third kappa shape index (κ3) is 3.76. The van der Waals surface area contributed by atoms with Crippen molar-refractivity contribution in [2.45, 2.75) is 34.1 Å². The molecule has 0 amide bonds. The van der Waals surface area contributed by atoms with E-state index < -0.39 is 0 Å². The van der Waals surface area contributed by atoms with Crippen molar-refractivity contribution in [1.82, 2.24) is 0 Å². The molecular formula is C15H22O3. The molecule has 3 heteroatoms. The summed E-state index contributed by atoms with van der Waals surface area (Å²) < 4.78 is 11.1. The topological polar surface area (TPSA) is 35.5 Å². The van der Waals surface area contributed by atoms with Crippen molar-refractivity contribution < 1.29 is 14.3 Å². The minimum Gasteiger partial charge on any atom is -0.493 e. The van der Waals surface area contributed by atoms with Crippen molar-refractivity contribution in [3.05, 3.63) is 23.8 Å². The number of hydrogen-bond donors (Lipinski definition) is 0. The van der Waals surface area contributed by atoms with Gasteiger partial charge in [0.15, 0.2) is 5.78 Å². The van der Waals surface area contributed by atoms with Crippen molar-refractivity contribution in [3.63, 3.8) is 0 Å². The minimum absolute atomic E-state index is 0.0810. The van der Waals surface area contributed by atoms with Crippen LogP contribution in [-0.4, -0.2) is 19.0 Å². The standard InChI is InChI=1S/C15H22O3/c1-5-17-13-8-7-9-14(18-6-2)15(13)12(16)10-11(3)4/h7-9,11H,5-6,10H2,1-4H3. The molecule has 0 atom stereocenters. The number of ketones is 1. The summed E-state index contributed by atoms with van der Waals surface area (Å²) in [6, 6.07) is 5.49. The Morgan fingerprint density at radius 1 is 1.11 bits per heavy atom. The number of ether oxygens (including phenoxy) is 2. The van der Waals surface area contributed by atoms with Crippen LogP contribution in [0.15, 0.2) is 18.2 Å². The van der Waals surface area contributed by atoms with Gasteiger partial charge in [0.1, 0.15) is 17.1 Å². The van der Waals surface area contributed by atoms with Crippen LogP contribution in [0.4, 0.5) is 0 Å². The van der Waals surface area contributed by atoms with Gasteiger partial charge in [0.2, 0.25) is 0 Å². The average Bonchev–Trinajstić information content (AvgIpc) is 2.29. The molecule has 18 heavy (non-hydrogen) atoms. The second kappa shape index (κ2) is 7.04. The summed E-state index contributed by atoms with van der Waals surface area (Å²) in [5.41, 5.74) is 0.579. The van der Waals surface area contributed by atoms with E-state index in [1.165, 1.54) is 0 Å². The molecule has 0 fully saturated rings. The highest BCUT2D eigenvalue weighted by atomic mass is 16.5. The predicted molar refractivity (Wildman–Crippen MR) is 72.6 cm³/mol. The molecule has 0 spiro atoms. The quantitative estimate of drug-likeness (QED) is 0.692. The number of Topliss-reactive ketones (excluding diaryl/α,β-unsaturated/α-hetero) is 1. The van der Waals surface area contributed by atoms with Crippen LogP contribution in [0.3, 0.4) is 0 Å². The average molecular weight is 250 g/mol. The van der Waals surface area contributed by atoms with Crippen LogP contribution >= 0.6 is 0 Å². The highest BCUT2D eigenvalue weighted by Crippen LogP contribution is 2.30. The number of carbonyl (C=O) groups excluding carboxylic acids is 1. The Bertz CT molecular complexity index is 372. The first-order valence-corrected chi connectivity index (χ1v) is 6.51. The fourth-order valence-corrected chi connectivity index (χ4v) is 1.81. The van der Waals surface area contributed by atoms with Gasteiger partial charge >= 0.3 is 0 Å². The summed E-state index contributed by atoms with van der Waals surface area (Å²) in [4.78, 5) is 12.3. The smallest absolute Gasteiger partial charge is 0.170 e. The normalized spacial score (nSPS) is 10.5. The first-order chi connectivity index (χ1) is 8.60. The second-order valence-electron chi connectivity index (χ2n) is 4.52. The van der Waals surface area contributed by atoms with Crippen molar-refractivity contribution in [2.24, 2.45) is 5.92 Å². The van der Waals surface area contributed by atoms with E-state index in [9.17, 15) is 4.79 Å². The highest BCUT2D eigenvalue weighted by molar-refractivity contribution is 6.01. The van der Waals surface area contributed by atoms with Crippen molar-refractivity contribution in [1.29, 1.82) is 0 Å². The van der Waals surface area contributed by atoms with Crippen LogP contribution in [-0.2, 0) is 0 Å². The third-order valence-electron chi connectivity index (χ3n) is 2.46. The molecule has 1 aromatic carbocycles. The molecule has 1 rings (SSSR count). The summed E-state index contributed by atoms with van der Waals surface area (Å²) in [7, 11) is 0. The lowest BCUT2D eigenvalue weighted by Crippen LogP contribution is -2.09. The fraction of sp³-hybridized carbons (Fsp3) is 0.533. The van der Waals surface area contributed by atoms with Crippen molar-refractivity contribution in [3.8, 4) is 11.5 Å². The van der Waals surface area contributed by atoms with Gasteiger partial charge in [-0.2, -0.15) is 0 Å². The van der Waals surface area contributed by atoms with Gasteiger partial charge in [0.25, 0.3) is 0 Å². The number of benzene rings is 1. The number of carbonyl (C=O) groups is 1. The van der Waals surface area contributed by atoms with Crippen LogP contribution in [0, 0.1) is 5.92 Å². The van der Waals surface area contributed by atoms with Gasteiger partial charge in [-0.15, -0.1) is 0 Å². The molecule has 0 N–H and O–H groups in total. The van der Waals surface area contributed by atoms with Crippen LogP contribution in [0.2, 0.25) is 0 Å². The molecule has 0 aliphatic heterocycles. The Kier molecular flexibility index (Phi) is 5.69. The molecular weight excluding hydrogens is 228 g/mol. The zero-order valence-corrected chi connectivity index (χ0v) is 11.7. The first kappa shape index (κ1) is 14.6. The molecule has 0 saturated carbocycles. The lowest BCUT2D eigenvalue weighted by molar-refractivity contribution is 0.0960. The lowest BCUT2D eigenvalue weighted by Gasteiger charge is -2.15. The van der Waals surface area contributed by atoms with Gasteiger partial charge in [0, 0.05) is 6.42 Å². The van der Waals surface area contributed by atoms with Gasteiger partial charge in [-0.05, 0) is 31.9 Å². The summed E-state index contributed by atoms with van der Waals surface area (Å²) in [5, 5.41) is 0. The Labute approximate surface area is 109 Å². The van der Waals surface area contributed by atoms with Gasteiger partial charge in [0.05, 0.1) is 13.2 Å². The van der Waals surface area contributed by atoms with Gasteiger partial charge in [-0.3, -0.25) is 4.79 Å². The Morgan fingerprint density at radius 2 is 1.61 bits per heavy atom. The van der Waals surface area contributed by atoms with E-state index in [0.717, 1.165) is 0 Å². The van der Waals surface area contributed by atoms with E-state index >= 15 is 0 Å². The zero-order chi connectivity index (χ0) is 13.5. The SMILES string of the molecule is CCOc1cccc(OCC)c1C(=O)CC(C)C. The Hall–Kier alpha value is -1.51. The van der Waals surface area contributed by atoms with E-state index in [4.69, 9.17) is 9.47 Å².